The molecule has 6 heteroatoms. The summed E-state index contributed by atoms with van der Waals surface area (Å²) in [5.41, 5.74) is 1.55. The predicted molar refractivity (Wildman–Crippen MR) is 90.2 cm³/mol. The molecule has 4 heterocycles. The van der Waals surface area contributed by atoms with E-state index in [4.69, 9.17) is 4.74 Å². The summed E-state index contributed by atoms with van der Waals surface area (Å²) >= 11 is 0. The van der Waals surface area contributed by atoms with Crippen molar-refractivity contribution in [1.82, 2.24) is 24.4 Å². The Morgan fingerprint density at radius 2 is 2.04 bits per heavy atom. The third-order valence-electron chi connectivity index (χ3n) is 5.57. The number of aryl methyl sites for hydroxylation is 1. The minimum atomic E-state index is 0.317. The van der Waals surface area contributed by atoms with Gasteiger partial charge >= 0.3 is 0 Å². The standard InChI is InChI=1S/C18H25N5O/c1-22-7-4-21-17(22)12-23-5-2-18(3-6-23)9-16(24-13-18)8-15-10-19-14-20-11-15/h4,7,10-11,14,16H,2-3,5-6,8-9,12-13H2,1H3. The number of likely N-dealkylation sites (tertiary alicyclic amines) is 1. The molecule has 4 rings (SSSR count). The molecule has 2 saturated heterocycles. The lowest BCUT2D eigenvalue weighted by Gasteiger charge is -2.38. The molecular formula is C18H25N5O. The topological polar surface area (TPSA) is 56.1 Å². The Hall–Kier alpha value is -1.79. The van der Waals surface area contributed by atoms with Crippen LogP contribution in [0.1, 0.15) is 30.7 Å². The van der Waals surface area contributed by atoms with Gasteiger partial charge in [-0.3, -0.25) is 4.90 Å². The van der Waals surface area contributed by atoms with Gasteiger partial charge in [0, 0.05) is 38.3 Å². The fourth-order valence-corrected chi connectivity index (χ4v) is 4.01. The monoisotopic (exact) mass is 327 g/mol. The number of hydrogen-bond acceptors (Lipinski definition) is 5. The molecule has 2 aliphatic heterocycles. The van der Waals surface area contributed by atoms with Gasteiger partial charge < -0.3 is 9.30 Å². The number of hydrogen-bond donors (Lipinski definition) is 0. The summed E-state index contributed by atoms with van der Waals surface area (Å²) in [7, 11) is 2.07. The fraction of sp³-hybridized carbons (Fsp3) is 0.611. The zero-order valence-corrected chi connectivity index (χ0v) is 14.3. The van der Waals surface area contributed by atoms with Crippen LogP contribution in [-0.4, -0.2) is 50.2 Å². The molecule has 0 radical (unpaired) electrons. The Morgan fingerprint density at radius 3 is 2.75 bits per heavy atom. The highest BCUT2D eigenvalue weighted by molar-refractivity contribution is 5.06. The number of ether oxygens (including phenoxy) is 1. The molecule has 0 bridgehead atoms. The largest absolute Gasteiger partial charge is 0.377 e. The second-order valence-electron chi connectivity index (χ2n) is 7.32. The van der Waals surface area contributed by atoms with Crippen molar-refractivity contribution in [3.63, 3.8) is 0 Å². The van der Waals surface area contributed by atoms with Crippen LogP contribution in [0, 0.1) is 5.41 Å². The van der Waals surface area contributed by atoms with Crippen molar-refractivity contribution in [3.8, 4) is 0 Å². The highest BCUT2D eigenvalue weighted by Crippen LogP contribution is 2.42. The van der Waals surface area contributed by atoms with E-state index in [1.165, 1.54) is 18.4 Å². The van der Waals surface area contributed by atoms with E-state index in [9.17, 15) is 0 Å². The molecule has 2 fully saturated rings. The molecule has 0 aliphatic carbocycles. The summed E-state index contributed by atoms with van der Waals surface area (Å²) in [5.74, 6) is 1.15. The lowest BCUT2D eigenvalue weighted by Crippen LogP contribution is -2.40. The summed E-state index contributed by atoms with van der Waals surface area (Å²) in [6.45, 7) is 4.13. The van der Waals surface area contributed by atoms with E-state index < -0.39 is 0 Å². The number of imidazole rings is 1. The molecule has 1 atom stereocenters. The molecule has 2 aromatic heterocycles. The van der Waals surface area contributed by atoms with Crippen LogP contribution in [0.5, 0.6) is 0 Å². The third-order valence-corrected chi connectivity index (χ3v) is 5.57. The van der Waals surface area contributed by atoms with Gasteiger partial charge in [-0.25, -0.2) is 15.0 Å². The first-order valence-corrected chi connectivity index (χ1v) is 8.77. The zero-order valence-electron chi connectivity index (χ0n) is 14.3. The van der Waals surface area contributed by atoms with Crippen molar-refractivity contribution in [2.75, 3.05) is 19.7 Å². The van der Waals surface area contributed by atoms with Crippen molar-refractivity contribution < 1.29 is 4.74 Å². The minimum absolute atomic E-state index is 0.317. The van der Waals surface area contributed by atoms with Gasteiger partial charge in [0.05, 0.1) is 19.3 Å². The average Bonchev–Trinajstić information content (AvgIpc) is 3.18. The van der Waals surface area contributed by atoms with Gasteiger partial charge in [-0.15, -0.1) is 0 Å². The van der Waals surface area contributed by atoms with Gasteiger partial charge in [0.15, 0.2) is 0 Å². The SMILES string of the molecule is Cn1ccnc1CN1CCC2(CC1)COC(Cc1cncnc1)C2. The molecule has 0 amide bonds. The summed E-state index contributed by atoms with van der Waals surface area (Å²) in [6, 6.07) is 0. The highest BCUT2D eigenvalue weighted by Gasteiger charge is 2.42. The molecule has 0 saturated carbocycles. The van der Waals surface area contributed by atoms with Gasteiger partial charge in [0.25, 0.3) is 0 Å². The van der Waals surface area contributed by atoms with Crippen LogP contribution in [0.4, 0.5) is 0 Å². The maximum absolute atomic E-state index is 6.12. The van der Waals surface area contributed by atoms with E-state index >= 15 is 0 Å². The molecule has 2 aliphatic rings. The molecular weight excluding hydrogens is 302 g/mol. The summed E-state index contributed by atoms with van der Waals surface area (Å²) < 4.78 is 8.23. The van der Waals surface area contributed by atoms with Crippen molar-refractivity contribution in [2.24, 2.45) is 12.5 Å². The van der Waals surface area contributed by atoms with E-state index in [1.807, 2.05) is 24.8 Å². The zero-order chi connectivity index (χ0) is 16.4. The van der Waals surface area contributed by atoms with Crippen LogP contribution in [0.3, 0.4) is 0 Å². The van der Waals surface area contributed by atoms with Crippen LogP contribution in [0.25, 0.3) is 0 Å². The molecule has 0 N–H and O–H groups in total. The van der Waals surface area contributed by atoms with Crippen molar-refractivity contribution in [2.45, 2.75) is 38.3 Å². The van der Waals surface area contributed by atoms with E-state index in [2.05, 4.69) is 31.5 Å². The molecule has 1 unspecified atom stereocenters. The molecule has 0 aromatic carbocycles. The van der Waals surface area contributed by atoms with Crippen LogP contribution < -0.4 is 0 Å². The first kappa shape index (κ1) is 15.7. The lowest BCUT2D eigenvalue weighted by molar-refractivity contribution is 0.0622. The molecule has 2 aromatic rings. The van der Waals surface area contributed by atoms with Gasteiger partial charge in [-0.2, -0.15) is 0 Å². The molecule has 6 nitrogen and oxygen atoms in total. The van der Waals surface area contributed by atoms with Crippen molar-refractivity contribution in [1.29, 1.82) is 0 Å². The Labute approximate surface area is 142 Å². The van der Waals surface area contributed by atoms with E-state index in [0.717, 1.165) is 44.9 Å². The van der Waals surface area contributed by atoms with Crippen molar-refractivity contribution >= 4 is 0 Å². The number of aromatic nitrogens is 4. The fourth-order valence-electron chi connectivity index (χ4n) is 4.01. The second-order valence-corrected chi connectivity index (χ2v) is 7.32. The predicted octanol–water partition coefficient (Wildman–Crippen LogP) is 1.82. The third kappa shape index (κ3) is 3.35. The average molecular weight is 327 g/mol. The van der Waals surface area contributed by atoms with Crippen LogP contribution in [0.15, 0.2) is 31.1 Å². The Kier molecular flexibility index (Phi) is 4.33. The minimum Gasteiger partial charge on any atom is -0.377 e. The van der Waals surface area contributed by atoms with Gasteiger partial charge in [0.2, 0.25) is 0 Å². The maximum Gasteiger partial charge on any atom is 0.122 e. The maximum atomic E-state index is 6.12. The molecule has 128 valence electrons. The highest BCUT2D eigenvalue weighted by atomic mass is 16.5. The summed E-state index contributed by atoms with van der Waals surface area (Å²) in [5, 5.41) is 0. The summed E-state index contributed by atoms with van der Waals surface area (Å²) in [6.07, 6.45) is 14.1. The van der Waals surface area contributed by atoms with Gasteiger partial charge in [-0.05, 0) is 43.3 Å². The first-order chi connectivity index (χ1) is 11.7. The quantitative estimate of drug-likeness (QED) is 0.857. The van der Waals surface area contributed by atoms with E-state index in [-0.39, 0.29) is 0 Å². The van der Waals surface area contributed by atoms with E-state index in [1.54, 1.807) is 6.33 Å². The van der Waals surface area contributed by atoms with Gasteiger partial charge in [0.1, 0.15) is 12.2 Å². The summed E-state index contributed by atoms with van der Waals surface area (Å²) in [4.78, 5) is 15.2. The van der Waals surface area contributed by atoms with Crippen LogP contribution >= 0.6 is 0 Å². The number of piperidine rings is 1. The first-order valence-electron chi connectivity index (χ1n) is 8.77. The number of nitrogens with zero attached hydrogens (tertiary/aromatic N) is 5. The Morgan fingerprint density at radius 1 is 1.25 bits per heavy atom. The van der Waals surface area contributed by atoms with E-state index in [0.29, 0.717) is 11.5 Å². The van der Waals surface area contributed by atoms with Crippen LogP contribution in [0.2, 0.25) is 0 Å². The normalized spacial score (nSPS) is 23.8. The molecule has 24 heavy (non-hydrogen) atoms. The molecule has 1 spiro atoms. The van der Waals surface area contributed by atoms with Gasteiger partial charge in [-0.1, -0.05) is 0 Å². The second kappa shape index (κ2) is 6.61. The number of rotatable bonds is 4. The smallest absolute Gasteiger partial charge is 0.122 e. The van der Waals surface area contributed by atoms with Crippen molar-refractivity contribution in [3.05, 3.63) is 42.5 Å². The van der Waals surface area contributed by atoms with Crippen LogP contribution in [-0.2, 0) is 24.8 Å². The Bertz CT molecular complexity index is 663. The Balaban J connectivity index is 1.30. The lowest BCUT2D eigenvalue weighted by atomic mass is 9.76.